The van der Waals surface area contributed by atoms with Crippen LogP contribution in [0.15, 0.2) is 42.5 Å². The third-order valence-electron chi connectivity index (χ3n) is 3.59. The summed E-state index contributed by atoms with van der Waals surface area (Å²) in [4.78, 5) is 3.40. The van der Waals surface area contributed by atoms with Crippen molar-refractivity contribution >= 4 is 22.5 Å². The summed E-state index contributed by atoms with van der Waals surface area (Å²) in [5, 5.41) is 11.0. The average molecular weight is 286 g/mol. The maximum Gasteiger partial charge on any atom is 0.0485 e. The van der Waals surface area contributed by atoms with Crippen molar-refractivity contribution in [2.24, 2.45) is 0 Å². The van der Waals surface area contributed by atoms with Crippen molar-refractivity contribution < 1.29 is 5.11 Å². The van der Waals surface area contributed by atoms with E-state index in [-0.39, 0.29) is 6.61 Å². The molecule has 0 fully saturated rings. The van der Waals surface area contributed by atoms with Crippen LogP contribution >= 0.6 is 11.6 Å². The highest BCUT2D eigenvalue weighted by atomic mass is 35.5. The van der Waals surface area contributed by atoms with Gasteiger partial charge in [0.05, 0.1) is 0 Å². The number of fused-ring (bicyclic) bond motifs is 1. The van der Waals surface area contributed by atoms with E-state index < -0.39 is 0 Å². The number of hydrogen-bond acceptors (Lipinski definition) is 1. The Morgan fingerprint density at radius 3 is 2.70 bits per heavy atom. The summed E-state index contributed by atoms with van der Waals surface area (Å²) in [6.07, 6.45) is 0.669. The summed E-state index contributed by atoms with van der Waals surface area (Å²) in [7, 11) is 0. The number of H-pyrrole nitrogens is 1. The molecule has 0 saturated heterocycles. The van der Waals surface area contributed by atoms with Gasteiger partial charge in [-0.05, 0) is 37.1 Å². The monoisotopic (exact) mass is 285 g/mol. The Morgan fingerprint density at radius 2 is 1.95 bits per heavy atom. The number of halogens is 1. The molecule has 1 aromatic heterocycles. The molecule has 0 bridgehead atoms. The summed E-state index contributed by atoms with van der Waals surface area (Å²) in [5.74, 6) is 0. The number of aryl methyl sites for hydroxylation is 1. The van der Waals surface area contributed by atoms with Gasteiger partial charge >= 0.3 is 0 Å². The van der Waals surface area contributed by atoms with E-state index in [1.165, 1.54) is 0 Å². The Morgan fingerprint density at radius 1 is 1.15 bits per heavy atom. The summed E-state index contributed by atoms with van der Waals surface area (Å²) in [5.41, 5.74) is 5.52. The summed E-state index contributed by atoms with van der Waals surface area (Å²) in [6.45, 7) is 2.22. The van der Waals surface area contributed by atoms with Gasteiger partial charge in [0, 0.05) is 39.4 Å². The standard InChI is InChI=1S/C17H16ClNO/c1-11-17(13-4-2-3-5-15(13)18)14-10-12(8-9-20)6-7-16(14)19-11/h2-7,10,19-20H,8-9H2,1H3. The van der Waals surface area contributed by atoms with Gasteiger partial charge in [0.15, 0.2) is 0 Å². The van der Waals surface area contributed by atoms with E-state index in [0.29, 0.717) is 6.42 Å². The molecule has 3 heteroatoms. The predicted molar refractivity (Wildman–Crippen MR) is 84.3 cm³/mol. The van der Waals surface area contributed by atoms with Crippen LogP contribution in [-0.4, -0.2) is 16.7 Å². The quantitative estimate of drug-likeness (QED) is 0.738. The predicted octanol–water partition coefficient (Wildman–Crippen LogP) is 4.33. The molecule has 0 unspecified atom stereocenters. The third kappa shape index (κ3) is 2.21. The maximum atomic E-state index is 9.10. The van der Waals surface area contributed by atoms with Crippen molar-refractivity contribution in [3.8, 4) is 11.1 Å². The van der Waals surface area contributed by atoms with Gasteiger partial charge in [-0.1, -0.05) is 35.9 Å². The van der Waals surface area contributed by atoms with Crippen LogP contribution in [0.25, 0.3) is 22.0 Å². The highest BCUT2D eigenvalue weighted by Crippen LogP contribution is 2.36. The molecular formula is C17H16ClNO. The van der Waals surface area contributed by atoms with Crippen LogP contribution in [0.1, 0.15) is 11.3 Å². The molecule has 102 valence electrons. The topological polar surface area (TPSA) is 36.0 Å². The van der Waals surface area contributed by atoms with Crippen molar-refractivity contribution in [1.29, 1.82) is 0 Å². The van der Waals surface area contributed by atoms with Crippen LogP contribution in [0.4, 0.5) is 0 Å². The largest absolute Gasteiger partial charge is 0.396 e. The van der Waals surface area contributed by atoms with E-state index in [1.54, 1.807) is 0 Å². The lowest BCUT2D eigenvalue weighted by atomic mass is 10.0. The molecule has 0 aliphatic carbocycles. The lowest BCUT2D eigenvalue weighted by Crippen LogP contribution is -1.89. The maximum absolute atomic E-state index is 9.10. The fraction of sp³-hybridized carbons (Fsp3) is 0.176. The molecule has 2 aromatic carbocycles. The van der Waals surface area contributed by atoms with E-state index >= 15 is 0 Å². The molecule has 2 nitrogen and oxygen atoms in total. The number of nitrogens with one attached hydrogen (secondary N) is 1. The van der Waals surface area contributed by atoms with Gasteiger partial charge in [0.2, 0.25) is 0 Å². The van der Waals surface area contributed by atoms with Crippen LogP contribution in [0.3, 0.4) is 0 Å². The molecule has 0 aliphatic heterocycles. The smallest absolute Gasteiger partial charge is 0.0485 e. The molecule has 0 spiro atoms. The van der Waals surface area contributed by atoms with Crippen LogP contribution in [0, 0.1) is 6.92 Å². The molecule has 3 aromatic rings. The molecule has 0 aliphatic rings. The summed E-state index contributed by atoms with van der Waals surface area (Å²) in [6, 6.07) is 14.1. The Balaban J connectivity index is 2.26. The Kier molecular flexibility index (Phi) is 3.51. The molecular weight excluding hydrogens is 270 g/mol. The molecule has 0 saturated carbocycles. The zero-order chi connectivity index (χ0) is 14.1. The molecule has 0 radical (unpaired) electrons. The van der Waals surface area contributed by atoms with Gasteiger partial charge in [-0.2, -0.15) is 0 Å². The Bertz CT molecular complexity index is 761. The minimum atomic E-state index is 0.163. The first-order valence-corrected chi connectivity index (χ1v) is 7.05. The van der Waals surface area contributed by atoms with Crippen molar-refractivity contribution in [2.75, 3.05) is 6.61 Å². The molecule has 0 atom stereocenters. The lowest BCUT2D eigenvalue weighted by molar-refractivity contribution is 0.299. The van der Waals surface area contributed by atoms with Crippen molar-refractivity contribution in [2.45, 2.75) is 13.3 Å². The number of aromatic nitrogens is 1. The van der Waals surface area contributed by atoms with Gasteiger partial charge < -0.3 is 10.1 Å². The van der Waals surface area contributed by atoms with Gasteiger partial charge in [0.1, 0.15) is 0 Å². The van der Waals surface area contributed by atoms with Gasteiger partial charge in [-0.25, -0.2) is 0 Å². The van der Waals surface area contributed by atoms with Crippen LogP contribution in [-0.2, 0) is 6.42 Å². The highest BCUT2D eigenvalue weighted by molar-refractivity contribution is 6.33. The van der Waals surface area contributed by atoms with E-state index in [4.69, 9.17) is 16.7 Å². The van der Waals surface area contributed by atoms with Crippen molar-refractivity contribution in [3.05, 3.63) is 58.7 Å². The minimum absolute atomic E-state index is 0.163. The van der Waals surface area contributed by atoms with E-state index in [1.807, 2.05) is 30.3 Å². The first-order valence-electron chi connectivity index (χ1n) is 6.67. The second-order valence-electron chi connectivity index (χ2n) is 4.96. The van der Waals surface area contributed by atoms with E-state index in [2.05, 4.69) is 24.0 Å². The Labute approximate surface area is 123 Å². The summed E-state index contributed by atoms with van der Waals surface area (Å²) < 4.78 is 0. The minimum Gasteiger partial charge on any atom is -0.396 e. The highest BCUT2D eigenvalue weighted by Gasteiger charge is 2.13. The van der Waals surface area contributed by atoms with Crippen molar-refractivity contribution in [3.63, 3.8) is 0 Å². The molecule has 1 heterocycles. The van der Waals surface area contributed by atoms with Crippen LogP contribution in [0.2, 0.25) is 5.02 Å². The van der Waals surface area contributed by atoms with Crippen LogP contribution in [0.5, 0.6) is 0 Å². The molecule has 0 amide bonds. The van der Waals surface area contributed by atoms with E-state index in [9.17, 15) is 0 Å². The number of hydrogen-bond donors (Lipinski definition) is 2. The zero-order valence-electron chi connectivity index (χ0n) is 11.3. The SMILES string of the molecule is Cc1[nH]c2ccc(CCO)cc2c1-c1ccccc1Cl. The fourth-order valence-corrected chi connectivity index (χ4v) is 2.90. The second-order valence-corrected chi connectivity index (χ2v) is 5.37. The number of aromatic amines is 1. The molecule has 20 heavy (non-hydrogen) atoms. The van der Waals surface area contributed by atoms with E-state index in [0.717, 1.165) is 38.3 Å². The lowest BCUT2D eigenvalue weighted by Gasteiger charge is -2.05. The Hall–Kier alpha value is -1.77. The van der Waals surface area contributed by atoms with Crippen LogP contribution < -0.4 is 0 Å². The van der Waals surface area contributed by atoms with Gasteiger partial charge in [0.25, 0.3) is 0 Å². The fourth-order valence-electron chi connectivity index (χ4n) is 2.67. The van der Waals surface area contributed by atoms with Gasteiger partial charge in [-0.15, -0.1) is 0 Å². The number of rotatable bonds is 3. The first kappa shape index (κ1) is 13.2. The van der Waals surface area contributed by atoms with Gasteiger partial charge in [-0.3, -0.25) is 0 Å². The number of aliphatic hydroxyl groups excluding tert-OH is 1. The number of benzene rings is 2. The third-order valence-corrected chi connectivity index (χ3v) is 3.92. The second kappa shape index (κ2) is 5.31. The first-order chi connectivity index (χ1) is 9.70. The summed E-state index contributed by atoms with van der Waals surface area (Å²) >= 11 is 6.34. The zero-order valence-corrected chi connectivity index (χ0v) is 12.0. The molecule has 3 rings (SSSR count). The molecule has 2 N–H and O–H groups in total. The normalized spacial score (nSPS) is 11.2. The average Bonchev–Trinajstić information content (AvgIpc) is 2.75. The van der Waals surface area contributed by atoms with Crippen molar-refractivity contribution in [1.82, 2.24) is 4.98 Å². The number of aliphatic hydroxyl groups is 1.